The van der Waals surface area contributed by atoms with Gasteiger partial charge in [-0.3, -0.25) is 4.79 Å². The number of aromatic nitrogens is 2. The van der Waals surface area contributed by atoms with Crippen molar-refractivity contribution in [2.24, 2.45) is 0 Å². The fraction of sp³-hybridized carbons (Fsp3) is 0.500. The zero-order valence-electron chi connectivity index (χ0n) is 16.9. The van der Waals surface area contributed by atoms with Crippen LogP contribution in [0.15, 0.2) is 41.3 Å². The Morgan fingerprint density at radius 3 is 2.45 bits per heavy atom. The minimum absolute atomic E-state index is 0.108. The first kappa shape index (κ1) is 20.0. The van der Waals surface area contributed by atoms with Crippen LogP contribution in [-0.4, -0.2) is 59.5 Å². The molecule has 2 fully saturated rings. The summed E-state index contributed by atoms with van der Waals surface area (Å²) in [6.07, 6.45) is 8.29. The lowest BCUT2D eigenvalue weighted by molar-refractivity contribution is 0.0743. The van der Waals surface area contributed by atoms with E-state index in [1.807, 2.05) is 47.6 Å². The number of thioether (sulfide) groups is 1. The second kappa shape index (κ2) is 9.48. The van der Waals surface area contributed by atoms with E-state index in [2.05, 4.69) is 15.1 Å². The van der Waals surface area contributed by atoms with Gasteiger partial charge in [0.05, 0.1) is 5.56 Å². The first-order chi connectivity index (χ1) is 14.2. The first-order valence-corrected chi connectivity index (χ1v) is 11.6. The van der Waals surface area contributed by atoms with E-state index in [1.165, 1.54) is 19.3 Å². The smallest absolute Gasteiger partial charge is 0.255 e. The molecule has 0 unspecified atom stereocenters. The Morgan fingerprint density at radius 1 is 1.00 bits per heavy atom. The standard InChI is InChI=1S/C22H28N4O2S/c1-29-19-10-6-5-9-18(19)22(27)26-15-13-25(14-16-26)20-11-12-21(24-23-20)28-17-7-3-2-4-8-17/h5-6,9-12,17H,2-4,7-8,13-16H2,1H3. The van der Waals surface area contributed by atoms with Crippen LogP contribution in [0.1, 0.15) is 42.5 Å². The van der Waals surface area contributed by atoms with Crippen LogP contribution < -0.4 is 9.64 Å². The lowest BCUT2D eigenvalue weighted by Crippen LogP contribution is -2.49. The molecule has 29 heavy (non-hydrogen) atoms. The Balaban J connectivity index is 1.32. The molecule has 1 aromatic heterocycles. The van der Waals surface area contributed by atoms with Crippen LogP contribution in [0.3, 0.4) is 0 Å². The number of hydrogen-bond acceptors (Lipinski definition) is 6. The van der Waals surface area contributed by atoms with E-state index in [0.717, 1.165) is 42.2 Å². The summed E-state index contributed by atoms with van der Waals surface area (Å²) in [5.41, 5.74) is 0.789. The number of benzene rings is 1. The number of carbonyl (C=O) groups excluding carboxylic acids is 1. The Morgan fingerprint density at radius 2 is 1.76 bits per heavy atom. The van der Waals surface area contributed by atoms with Crippen LogP contribution >= 0.6 is 11.8 Å². The number of amides is 1. The highest BCUT2D eigenvalue weighted by Crippen LogP contribution is 2.24. The second-order valence-electron chi connectivity index (χ2n) is 7.59. The number of anilines is 1. The van der Waals surface area contributed by atoms with Gasteiger partial charge in [0.25, 0.3) is 5.91 Å². The third-order valence-electron chi connectivity index (χ3n) is 5.69. The third-order valence-corrected chi connectivity index (χ3v) is 6.49. The number of rotatable bonds is 5. The summed E-state index contributed by atoms with van der Waals surface area (Å²) in [5.74, 6) is 1.57. The number of hydrogen-bond donors (Lipinski definition) is 0. The summed E-state index contributed by atoms with van der Waals surface area (Å²) in [5, 5.41) is 8.64. The number of ether oxygens (including phenoxy) is 1. The van der Waals surface area contributed by atoms with Crippen molar-refractivity contribution in [2.45, 2.75) is 43.1 Å². The number of nitrogens with zero attached hydrogens (tertiary/aromatic N) is 4. The van der Waals surface area contributed by atoms with Crippen molar-refractivity contribution in [3.63, 3.8) is 0 Å². The normalized spacial score (nSPS) is 18.0. The summed E-state index contributed by atoms with van der Waals surface area (Å²) in [4.78, 5) is 18.0. The van der Waals surface area contributed by atoms with E-state index in [-0.39, 0.29) is 12.0 Å². The van der Waals surface area contributed by atoms with Crippen molar-refractivity contribution < 1.29 is 9.53 Å². The van der Waals surface area contributed by atoms with E-state index in [1.54, 1.807) is 11.8 Å². The fourth-order valence-corrected chi connectivity index (χ4v) is 4.62. The Labute approximate surface area is 176 Å². The molecule has 0 atom stereocenters. The number of carbonyl (C=O) groups is 1. The van der Waals surface area contributed by atoms with Crippen molar-refractivity contribution >= 4 is 23.5 Å². The van der Waals surface area contributed by atoms with Crippen LogP contribution in [0, 0.1) is 0 Å². The molecule has 1 saturated heterocycles. The molecule has 154 valence electrons. The van der Waals surface area contributed by atoms with Gasteiger partial charge in [0, 0.05) is 37.1 Å². The summed E-state index contributed by atoms with van der Waals surface area (Å²) in [7, 11) is 0. The molecule has 0 N–H and O–H groups in total. The average Bonchev–Trinajstić information content (AvgIpc) is 2.80. The van der Waals surface area contributed by atoms with Crippen LogP contribution in [-0.2, 0) is 0 Å². The SMILES string of the molecule is CSc1ccccc1C(=O)N1CCN(c2ccc(OC3CCCCC3)nn2)CC1. The Kier molecular flexibility index (Phi) is 6.54. The van der Waals surface area contributed by atoms with Crippen molar-refractivity contribution in [1.29, 1.82) is 0 Å². The van der Waals surface area contributed by atoms with E-state index in [4.69, 9.17) is 4.74 Å². The van der Waals surface area contributed by atoms with E-state index < -0.39 is 0 Å². The minimum atomic E-state index is 0.108. The number of piperazine rings is 1. The molecular formula is C22H28N4O2S. The summed E-state index contributed by atoms with van der Waals surface area (Å²) in [6, 6.07) is 11.7. The van der Waals surface area contributed by atoms with Crippen LogP contribution in [0.2, 0.25) is 0 Å². The predicted molar refractivity (Wildman–Crippen MR) is 116 cm³/mol. The molecule has 2 aliphatic rings. The van der Waals surface area contributed by atoms with Crippen LogP contribution in [0.5, 0.6) is 5.88 Å². The topological polar surface area (TPSA) is 58.6 Å². The van der Waals surface area contributed by atoms with E-state index in [9.17, 15) is 4.79 Å². The van der Waals surface area contributed by atoms with Gasteiger partial charge in [-0.15, -0.1) is 22.0 Å². The van der Waals surface area contributed by atoms with Gasteiger partial charge in [0.1, 0.15) is 6.10 Å². The molecular weight excluding hydrogens is 384 g/mol. The Hall–Kier alpha value is -2.28. The van der Waals surface area contributed by atoms with Crippen molar-refractivity contribution in [1.82, 2.24) is 15.1 Å². The van der Waals surface area contributed by atoms with Gasteiger partial charge in [-0.1, -0.05) is 18.6 Å². The average molecular weight is 413 g/mol. The summed E-state index contributed by atoms with van der Waals surface area (Å²) < 4.78 is 5.97. The maximum Gasteiger partial charge on any atom is 0.255 e. The molecule has 1 amide bonds. The molecule has 6 nitrogen and oxygen atoms in total. The molecule has 1 aliphatic carbocycles. The predicted octanol–water partition coefficient (Wildman–Crippen LogP) is 3.87. The van der Waals surface area contributed by atoms with Gasteiger partial charge in [-0.2, -0.15) is 0 Å². The molecule has 2 heterocycles. The Bertz CT molecular complexity index is 816. The van der Waals surface area contributed by atoms with Gasteiger partial charge in [0.2, 0.25) is 5.88 Å². The highest BCUT2D eigenvalue weighted by Gasteiger charge is 2.24. The lowest BCUT2D eigenvalue weighted by Gasteiger charge is -2.35. The van der Waals surface area contributed by atoms with Gasteiger partial charge in [-0.05, 0) is 50.1 Å². The largest absolute Gasteiger partial charge is 0.473 e. The summed E-state index contributed by atoms with van der Waals surface area (Å²) in [6.45, 7) is 2.88. The molecule has 0 spiro atoms. The molecule has 4 rings (SSSR count). The van der Waals surface area contributed by atoms with Crippen molar-refractivity contribution in [2.75, 3.05) is 37.3 Å². The van der Waals surface area contributed by atoms with Gasteiger partial charge in [-0.25, -0.2) is 0 Å². The van der Waals surface area contributed by atoms with Gasteiger partial charge < -0.3 is 14.5 Å². The van der Waals surface area contributed by atoms with Gasteiger partial charge >= 0.3 is 0 Å². The summed E-state index contributed by atoms with van der Waals surface area (Å²) >= 11 is 1.61. The fourth-order valence-electron chi connectivity index (χ4n) is 4.03. The van der Waals surface area contributed by atoms with Gasteiger partial charge in [0.15, 0.2) is 5.82 Å². The molecule has 1 aliphatic heterocycles. The molecule has 2 aromatic rings. The zero-order chi connectivity index (χ0) is 20.1. The van der Waals surface area contributed by atoms with E-state index >= 15 is 0 Å². The first-order valence-electron chi connectivity index (χ1n) is 10.4. The molecule has 0 bridgehead atoms. The maximum atomic E-state index is 12.9. The van der Waals surface area contributed by atoms with Crippen molar-refractivity contribution in [3.05, 3.63) is 42.0 Å². The van der Waals surface area contributed by atoms with E-state index in [0.29, 0.717) is 19.0 Å². The van der Waals surface area contributed by atoms with Crippen molar-refractivity contribution in [3.8, 4) is 5.88 Å². The lowest BCUT2D eigenvalue weighted by atomic mass is 9.98. The van der Waals surface area contributed by atoms with Crippen LogP contribution in [0.25, 0.3) is 0 Å². The second-order valence-corrected chi connectivity index (χ2v) is 8.44. The highest BCUT2D eigenvalue weighted by molar-refractivity contribution is 7.98. The van der Waals surface area contributed by atoms with Crippen LogP contribution in [0.4, 0.5) is 5.82 Å². The maximum absolute atomic E-state index is 12.9. The molecule has 1 aromatic carbocycles. The third kappa shape index (κ3) is 4.83. The quantitative estimate of drug-likeness (QED) is 0.695. The molecule has 1 saturated carbocycles. The zero-order valence-corrected chi connectivity index (χ0v) is 17.7. The highest BCUT2D eigenvalue weighted by atomic mass is 32.2. The molecule has 7 heteroatoms. The monoisotopic (exact) mass is 412 g/mol. The molecule has 0 radical (unpaired) electrons. The minimum Gasteiger partial charge on any atom is -0.473 e.